The Balaban J connectivity index is 3.15. The fourth-order valence-corrected chi connectivity index (χ4v) is 3.26. The Bertz CT molecular complexity index is 1080. The van der Waals surface area contributed by atoms with Gasteiger partial charge in [-0.2, -0.15) is 0 Å². The molecule has 5 amide bonds. The summed E-state index contributed by atoms with van der Waals surface area (Å²) in [6.07, 6.45) is -2.22. The number of nitrogens with two attached hydrogens (primary N) is 3. The van der Waals surface area contributed by atoms with E-state index < -0.39 is 72.1 Å². The quantitative estimate of drug-likeness (QED) is 0.0927. The molecule has 0 fully saturated rings. The van der Waals surface area contributed by atoms with Crippen molar-refractivity contribution in [3.63, 3.8) is 0 Å². The van der Waals surface area contributed by atoms with Gasteiger partial charge in [0.1, 0.15) is 23.9 Å². The van der Waals surface area contributed by atoms with Crippen molar-refractivity contribution in [2.45, 2.75) is 62.7 Å². The molecule has 16 heteroatoms. The Morgan fingerprint density at radius 1 is 0.718 bits per heavy atom. The molecule has 0 aliphatic carbocycles. The van der Waals surface area contributed by atoms with Crippen molar-refractivity contribution in [2.24, 2.45) is 17.2 Å². The largest absolute Gasteiger partial charge is 0.508 e. The maximum Gasteiger partial charge on any atom is 0.326 e. The van der Waals surface area contributed by atoms with E-state index in [-0.39, 0.29) is 37.9 Å². The lowest BCUT2D eigenvalue weighted by molar-refractivity contribution is -0.143. The minimum atomic E-state index is -1.70. The third-order valence-corrected chi connectivity index (χ3v) is 5.35. The summed E-state index contributed by atoms with van der Waals surface area (Å²) < 4.78 is 0. The van der Waals surface area contributed by atoms with Gasteiger partial charge in [-0.1, -0.05) is 12.1 Å². The number of hydrogen-bond donors (Lipinski definition) is 9. The van der Waals surface area contributed by atoms with Crippen LogP contribution in [0.1, 0.15) is 37.7 Å². The molecule has 0 saturated carbocycles. The first kappa shape index (κ1) is 32.3. The molecular formula is C23H32N6O10. The van der Waals surface area contributed by atoms with Gasteiger partial charge in [0.15, 0.2) is 0 Å². The summed E-state index contributed by atoms with van der Waals surface area (Å²) in [4.78, 5) is 83.3. The smallest absolute Gasteiger partial charge is 0.326 e. The van der Waals surface area contributed by atoms with Crippen LogP contribution >= 0.6 is 0 Å². The van der Waals surface area contributed by atoms with E-state index in [9.17, 15) is 48.9 Å². The van der Waals surface area contributed by atoms with E-state index in [0.29, 0.717) is 5.56 Å². The number of phenolic OH excluding ortho intramolecular Hbond substituents is 1. The number of aliphatic carboxylic acids is 2. The van der Waals surface area contributed by atoms with E-state index in [4.69, 9.17) is 17.2 Å². The zero-order chi connectivity index (χ0) is 29.7. The molecule has 0 aliphatic rings. The van der Waals surface area contributed by atoms with E-state index in [1.807, 2.05) is 0 Å². The maximum absolute atomic E-state index is 13.0. The number of amides is 5. The molecule has 16 nitrogen and oxygen atoms in total. The summed E-state index contributed by atoms with van der Waals surface area (Å²) in [5.74, 6) is -7.60. The van der Waals surface area contributed by atoms with Crippen molar-refractivity contribution in [3.8, 4) is 5.75 Å². The van der Waals surface area contributed by atoms with Crippen LogP contribution in [-0.2, 0) is 40.0 Å². The van der Waals surface area contributed by atoms with E-state index >= 15 is 0 Å². The van der Waals surface area contributed by atoms with Crippen molar-refractivity contribution in [3.05, 3.63) is 29.8 Å². The molecule has 0 bridgehead atoms. The van der Waals surface area contributed by atoms with Gasteiger partial charge in [-0.05, 0) is 30.5 Å². The summed E-state index contributed by atoms with van der Waals surface area (Å²) in [7, 11) is 0. The standard InChI is InChI=1S/C23H32N6O10/c24-13(5-7-17(25)31)20(35)28-16(10-19(33)34)22(37)29-15(9-11-1-3-12(30)4-2-11)21(36)27-14(23(38)39)6-8-18(26)32/h1-4,13-16,30H,5-10,24H2,(H2,25,31)(H2,26,32)(H,27,36)(H,28,35)(H,29,37)(H,33,34)(H,38,39). The summed E-state index contributed by atoms with van der Waals surface area (Å²) in [6, 6.07) is -0.541. The number of nitrogens with one attached hydrogen (secondary N) is 3. The van der Waals surface area contributed by atoms with Crippen molar-refractivity contribution in [1.29, 1.82) is 0 Å². The first-order chi connectivity index (χ1) is 18.2. The summed E-state index contributed by atoms with van der Waals surface area (Å²) >= 11 is 0. The minimum absolute atomic E-state index is 0.0851. The van der Waals surface area contributed by atoms with Gasteiger partial charge in [-0.3, -0.25) is 28.8 Å². The topological polar surface area (TPSA) is 294 Å². The van der Waals surface area contributed by atoms with Crippen LogP contribution in [0.2, 0.25) is 0 Å². The monoisotopic (exact) mass is 552 g/mol. The van der Waals surface area contributed by atoms with Gasteiger partial charge in [-0.15, -0.1) is 0 Å². The highest BCUT2D eigenvalue weighted by molar-refractivity contribution is 5.96. The Morgan fingerprint density at radius 3 is 1.72 bits per heavy atom. The Hall–Kier alpha value is -4.73. The molecule has 0 aromatic heterocycles. The number of carboxylic acids is 2. The fourth-order valence-electron chi connectivity index (χ4n) is 3.26. The number of benzene rings is 1. The second-order valence-electron chi connectivity index (χ2n) is 8.61. The first-order valence-electron chi connectivity index (χ1n) is 11.6. The Labute approximate surface area is 222 Å². The van der Waals surface area contributed by atoms with Gasteiger partial charge in [0.05, 0.1) is 12.5 Å². The predicted octanol–water partition coefficient (Wildman–Crippen LogP) is -3.19. The fraction of sp³-hybridized carbons (Fsp3) is 0.435. The van der Waals surface area contributed by atoms with E-state index in [1.54, 1.807) is 0 Å². The lowest BCUT2D eigenvalue weighted by atomic mass is 10.0. The highest BCUT2D eigenvalue weighted by atomic mass is 16.4. The van der Waals surface area contributed by atoms with Gasteiger partial charge in [-0.25, -0.2) is 4.79 Å². The third-order valence-electron chi connectivity index (χ3n) is 5.35. The molecular weight excluding hydrogens is 520 g/mol. The second-order valence-corrected chi connectivity index (χ2v) is 8.61. The highest BCUT2D eigenvalue weighted by Gasteiger charge is 2.31. The van der Waals surface area contributed by atoms with Crippen LogP contribution in [0, 0.1) is 0 Å². The van der Waals surface area contributed by atoms with Gasteiger partial charge in [0, 0.05) is 19.3 Å². The van der Waals surface area contributed by atoms with E-state index in [0.717, 1.165) is 0 Å². The van der Waals surface area contributed by atoms with Crippen molar-refractivity contribution >= 4 is 41.5 Å². The minimum Gasteiger partial charge on any atom is -0.508 e. The van der Waals surface area contributed by atoms with Crippen LogP contribution in [0.15, 0.2) is 24.3 Å². The van der Waals surface area contributed by atoms with Gasteiger partial charge >= 0.3 is 11.9 Å². The molecule has 0 saturated heterocycles. The van der Waals surface area contributed by atoms with Crippen LogP contribution in [0.5, 0.6) is 5.75 Å². The molecule has 4 unspecified atom stereocenters. The molecule has 12 N–H and O–H groups in total. The van der Waals surface area contributed by atoms with Gasteiger partial charge in [0.25, 0.3) is 0 Å². The van der Waals surface area contributed by atoms with Crippen LogP contribution < -0.4 is 33.2 Å². The zero-order valence-corrected chi connectivity index (χ0v) is 20.8. The number of aromatic hydroxyl groups is 1. The summed E-state index contributed by atoms with van der Waals surface area (Å²) in [5.41, 5.74) is 16.2. The second kappa shape index (κ2) is 15.5. The van der Waals surface area contributed by atoms with Crippen molar-refractivity contribution in [1.82, 2.24) is 16.0 Å². The number of primary amides is 2. The zero-order valence-electron chi connectivity index (χ0n) is 20.8. The van der Waals surface area contributed by atoms with Crippen molar-refractivity contribution < 1.29 is 48.9 Å². The predicted molar refractivity (Wildman–Crippen MR) is 132 cm³/mol. The number of rotatable bonds is 17. The molecule has 0 aliphatic heterocycles. The molecule has 1 aromatic carbocycles. The number of carbonyl (C=O) groups is 7. The highest BCUT2D eigenvalue weighted by Crippen LogP contribution is 2.12. The Morgan fingerprint density at radius 2 is 1.21 bits per heavy atom. The van der Waals surface area contributed by atoms with Crippen LogP contribution in [0.3, 0.4) is 0 Å². The average Bonchev–Trinajstić information content (AvgIpc) is 2.84. The van der Waals surface area contributed by atoms with Crippen LogP contribution in [-0.4, -0.2) is 81.0 Å². The number of hydrogen-bond acceptors (Lipinski definition) is 9. The molecule has 214 valence electrons. The van der Waals surface area contributed by atoms with E-state index in [2.05, 4.69) is 16.0 Å². The maximum atomic E-state index is 13.0. The SMILES string of the molecule is NC(=O)CCC(N)C(=O)NC(CC(=O)O)C(=O)NC(Cc1ccc(O)cc1)C(=O)NC(CCC(N)=O)C(=O)O. The van der Waals surface area contributed by atoms with Crippen LogP contribution in [0.4, 0.5) is 0 Å². The summed E-state index contributed by atoms with van der Waals surface area (Å²) in [6.45, 7) is 0. The number of carboxylic acid groups (broad SMARTS) is 2. The van der Waals surface area contributed by atoms with Crippen molar-refractivity contribution in [2.75, 3.05) is 0 Å². The third kappa shape index (κ3) is 12.4. The average molecular weight is 553 g/mol. The molecule has 0 heterocycles. The van der Waals surface area contributed by atoms with Gasteiger partial charge < -0.3 is 48.5 Å². The van der Waals surface area contributed by atoms with Gasteiger partial charge in [0.2, 0.25) is 29.5 Å². The normalized spacial score (nSPS) is 13.7. The number of carbonyl (C=O) groups excluding carboxylic acids is 5. The van der Waals surface area contributed by atoms with Crippen LogP contribution in [0.25, 0.3) is 0 Å². The molecule has 0 spiro atoms. The lowest BCUT2D eigenvalue weighted by Gasteiger charge is -2.25. The summed E-state index contributed by atoms with van der Waals surface area (Å²) in [5, 5.41) is 34.8. The molecule has 39 heavy (non-hydrogen) atoms. The first-order valence-corrected chi connectivity index (χ1v) is 11.6. The molecule has 0 radical (unpaired) electrons. The Kier molecular flexibility index (Phi) is 12.8. The molecule has 1 aromatic rings. The molecule has 4 atom stereocenters. The number of phenols is 1. The lowest BCUT2D eigenvalue weighted by Crippen LogP contribution is -2.58. The molecule has 1 rings (SSSR count). The van der Waals surface area contributed by atoms with E-state index in [1.165, 1.54) is 24.3 Å².